The molecule has 4 rings (SSSR count). The zero-order chi connectivity index (χ0) is 15.1. The average molecular weight is 296 g/mol. The fourth-order valence-electron chi connectivity index (χ4n) is 2.98. The Labute approximate surface area is 125 Å². The molecule has 5 nitrogen and oxygen atoms in total. The second-order valence-electron chi connectivity index (χ2n) is 5.23. The van der Waals surface area contributed by atoms with Gasteiger partial charge in [0.25, 0.3) is 5.56 Å². The van der Waals surface area contributed by atoms with Crippen molar-refractivity contribution in [2.45, 2.75) is 19.5 Å². The largest absolute Gasteiger partial charge is 0.280 e. The smallest absolute Gasteiger partial charge is 0.275 e. The summed E-state index contributed by atoms with van der Waals surface area (Å²) in [6.07, 6.45) is 4.05. The van der Waals surface area contributed by atoms with E-state index in [4.69, 9.17) is 0 Å². The number of hydrogen-bond donors (Lipinski definition) is 0. The van der Waals surface area contributed by atoms with Crippen molar-refractivity contribution >= 4 is 0 Å². The van der Waals surface area contributed by atoms with E-state index < -0.39 is 0 Å². The predicted molar refractivity (Wildman–Crippen MR) is 79.7 cm³/mol. The predicted octanol–water partition coefficient (Wildman–Crippen LogP) is 2.32. The van der Waals surface area contributed by atoms with Gasteiger partial charge in [0.05, 0.1) is 17.0 Å². The Morgan fingerprint density at radius 1 is 1.05 bits per heavy atom. The lowest BCUT2D eigenvalue weighted by Crippen LogP contribution is -2.17. The van der Waals surface area contributed by atoms with E-state index >= 15 is 0 Å². The second-order valence-corrected chi connectivity index (χ2v) is 5.23. The number of hydrogen-bond acceptors (Lipinski definition) is 3. The Kier molecular flexibility index (Phi) is 2.89. The number of nitrogens with zero attached hydrogens (tertiary/aromatic N) is 4. The van der Waals surface area contributed by atoms with Crippen LogP contribution >= 0.6 is 0 Å². The lowest BCUT2D eigenvalue weighted by molar-refractivity contribution is 0.599. The van der Waals surface area contributed by atoms with Gasteiger partial charge in [-0.25, -0.2) is 19.0 Å². The molecular formula is C16H13FN4O. The van der Waals surface area contributed by atoms with Crippen LogP contribution in [0.3, 0.4) is 0 Å². The average Bonchev–Trinajstić information content (AvgIpc) is 3.12. The van der Waals surface area contributed by atoms with E-state index in [1.807, 2.05) is 4.68 Å². The van der Waals surface area contributed by atoms with Crippen LogP contribution in [-0.2, 0) is 13.1 Å². The molecule has 2 aromatic heterocycles. The minimum Gasteiger partial charge on any atom is -0.280 e. The van der Waals surface area contributed by atoms with Gasteiger partial charge in [0.15, 0.2) is 0 Å². The normalized spacial score (nSPS) is 13.3. The van der Waals surface area contributed by atoms with E-state index in [0.29, 0.717) is 23.4 Å². The fourth-order valence-corrected chi connectivity index (χ4v) is 2.98. The van der Waals surface area contributed by atoms with Gasteiger partial charge in [-0.2, -0.15) is 0 Å². The number of benzene rings is 1. The highest BCUT2D eigenvalue weighted by Gasteiger charge is 2.25. The molecule has 0 spiro atoms. The summed E-state index contributed by atoms with van der Waals surface area (Å²) in [5, 5.41) is 0. The van der Waals surface area contributed by atoms with Gasteiger partial charge in [0.2, 0.25) is 0 Å². The third kappa shape index (κ3) is 1.88. The van der Waals surface area contributed by atoms with Crippen LogP contribution in [0.25, 0.3) is 22.5 Å². The van der Waals surface area contributed by atoms with Crippen LogP contribution in [0.2, 0.25) is 0 Å². The molecule has 0 saturated carbocycles. The fraction of sp³-hybridized carbons (Fsp3) is 0.188. The van der Waals surface area contributed by atoms with Crippen LogP contribution in [0, 0.1) is 5.82 Å². The molecule has 3 aromatic rings. The highest BCUT2D eigenvalue weighted by Crippen LogP contribution is 2.30. The third-order valence-electron chi connectivity index (χ3n) is 3.93. The SMILES string of the molecule is O=c1c(-c2ccc(F)cc2)c(-c2ccncn2)n2n1CCC2. The minimum atomic E-state index is -0.320. The zero-order valence-electron chi connectivity index (χ0n) is 11.7. The molecule has 0 fully saturated rings. The van der Waals surface area contributed by atoms with Gasteiger partial charge in [-0.05, 0) is 30.2 Å². The third-order valence-corrected chi connectivity index (χ3v) is 3.93. The summed E-state index contributed by atoms with van der Waals surface area (Å²) >= 11 is 0. The first-order chi connectivity index (χ1) is 10.8. The molecule has 0 atom stereocenters. The van der Waals surface area contributed by atoms with Gasteiger partial charge in [0.1, 0.15) is 12.1 Å². The van der Waals surface area contributed by atoms with E-state index in [0.717, 1.165) is 18.7 Å². The summed E-state index contributed by atoms with van der Waals surface area (Å²) in [5.41, 5.74) is 2.69. The summed E-state index contributed by atoms with van der Waals surface area (Å²) in [6, 6.07) is 7.78. The molecule has 1 aromatic carbocycles. The Balaban J connectivity index is 2.02. The van der Waals surface area contributed by atoms with E-state index in [9.17, 15) is 9.18 Å². The van der Waals surface area contributed by atoms with Crippen LogP contribution in [0.1, 0.15) is 6.42 Å². The lowest BCUT2D eigenvalue weighted by atomic mass is 10.0. The number of aromatic nitrogens is 4. The molecule has 0 radical (unpaired) electrons. The molecule has 0 unspecified atom stereocenters. The first-order valence-electron chi connectivity index (χ1n) is 7.11. The minimum absolute atomic E-state index is 0.0577. The molecule has 22 heavy (non-hydrogen) atoms. The quantitative estimate of drug-likeness (QED) is 0.729. The van der Waals surface area contributed by atoms with Gasteiger partial charge in [-0.15, -0.1) is 0 Å². The van der Waals surface area contributed by atoms with Crippen molar-refractivity contribution in [3.05, 3.63) is 59.0 Å². The van der Waals surface area contributed by atoms with Crippen LogP contribution in [0.5, 0.6) is 0 Å². The first kappa shape index (κ1) is 12.9. The van der Waals surface area contributed by atoms with Crippen molar-refractivity contribution < 1.29 is 4.39 Å². The number of rotatable bonds is 2. The number of fused-ring (bicyclic) bond motifs is 1. The van der Waals surface area contributed by atoms with E-state index in [1.165, 1.54) is 18.5 Å². The first-order valence-corrected chi connectivity index (χ1v) is 7.11. The Bertz CT molecular complexity index is 881. The van der Waals surface area contributed by atoms with Crippen molar-refractivity contribution in [2.75, 3.05) is 0 Å². The molecule has 0 N–H and O–H groups in total. The summed E-state index contributed by atoms with van der Waals surface area (Å²) in [7, 11) is 0. The molecule has 0 bridgehead atoms. The standard InChI is InChI=1S/C16H13FN4O/c17-12-4-2-11(3-5-12)14-15(13-6-7-18-10-19-13)20-8-1-9-21(20)16(14)22/h2-7,10H,1,8-9H2. The van der Waals surface area contributed by atoms with Crippen LogP contribution in [0.15, 0.2) is 47.7 Å². The highest BCUT2D eigenvalue weighted by molar-refractivity contribution is 5.79. The number of halogens is 1. The van der Waals surface area contributed by atoms with Crippen molar-refractivity contribution in [1.82, 2.24) is 19.3 Å². The van der Waals surface area contributed by atoms with Crippen LogP contribution in [0.4, 0.5) is 4.39 Å². The molecule has 6 heteroatoms. The second kappa shape index (κ2) is 4.91. The molecule has 3 heterocycles. The Morgan fingerprint density at radius 3 is 2.55 bits per heavy atom. The van der Waals surface area contributed by atoms with E-state index in [2.05, 4.69) is 9.97 Å². The van der Waals surface area contributed by atoms with Gasteiger partial charge in [-0.1, -0.05) is 12.1 Å². The summed E-state index contributed by atoms with van der Waals surface area (Å²) in [5.74, 6) is -0.320. The van der Waals surface area contributed by atoms with Crippen molar-refractivity contribution in [1.29, 1.82) is 0 Å². The van der Waals surface area contributed by atoms with Crippen LogP contribution < -0.4 is 5.56 Å². The molecule has 1 aliphatic heterocycles. The molecule has 110 valence electrons. The van der Waals surface area contributed by atoms with Crippen molar-refractivity contribution in [2.24, 2.45) is 0 Å². The van der Waals surface area contributed by atoms with Gasteiger partial charge < -0.3 is 0 Å². The molecule has 1 aliphatic rings. The molecule has 0 amide bonds. The maximum absolute atomic E-state index is 13.2. The summed E-state index contributed by atoms with van der Waals surface area (Å²) in [6.45, 7) is 1.47. The summed E-state index contributed by atoms with van der Waals surface area (Å²) in [4.78, 5) is 21.0. The molecular weight excluding hydrogens is 283 g/mol. The Hall–Kier alpha value is -2.76. The van der Waals surface area contributed by atoms with Gasteiger partial charge in [0, 0.05) is 19.3 Å². The van der Waals surface area contributed by atoms with Crippen LogP contribution in [-0.4, -0.2) is 19.3 Å². The molecule has 0 saturated heterocycles. The highest BCUT2D eigenvalue weighted by atomic mass is 19.1. The van der Waals surface area contributed by atoms with Crippen molar-refractivity contribution in [3.8, 4) is 22.5 Å². The van der Waals surface area contributed by atoms with Gasteiger partial charge >= 0.3 is 0 Å². The maximum atomic E-state index is 13.2. The summed E-state index contributed by atoms with van der Waals surface area (Å²) < 4.78 is 16.9. The zero-order valence-corrected chi connectivity index (χ0v) is 11.7. The maximum Gasteiger partial charge on any atom is 0.275 e. The van der Waals surface area contributed by atoms with Gasteiger partial charge in [-0.3, -0.25) is 9.48 Å². The van der Waals surface area contributed by atoms with E-state index in [1.54, 1.807) is 29.1 Å². The van der Waals surface area contributed by atoms with E-state index in [-0.39, 0.29) is 11.4 Å². The molecule has 0 aliphatic carbocycles. The monoisotopic (exact) mass is 296 g/mol. The topological polar surface area (TPSA) is 52.7 Å². The lowest BCUT2D eigenvalue weighted by Gasteiger charge is -2.07. The Morgan fingerprint density at radius 2 is 1.82 bits per heavy atom. The van der Waals surface area contributed by atoms with Crippen molar-refractivity contribution in [3.63, 3.8) is 0 Å².